The number of sulfonamides is 1. The summed E-state index contributed by atoms with van der Waals surface area (Å²) < 4.78 is 26.5. The zero-order valence-electron chi connectivity index (χ0n) is 10.7. The third kappa shape index (κ3) is 4.57. The van der Waals surface area contributed by atoms with Crippen LogP contribution in [-0.4, -0.2) is 28.1 Å². The van der Waals surface area contributed by atoms with Crippen LogP contribution in [0.1, 0.15) is 18.9 Å². The highest BCUT2D eigenvalue weighted by Gasteiger charge is 2.16. The lowest BCUT2D eigenvalue weighted by molar-refractivity contribution is 0.575. The maximum absolute atomic E-state index is 12.0. The van der Waals surface area contributed by atoms with Gasteiger partial charge in [-0.05, 0) is 37.6 Å². The molecule has 2 N–H and O–H groups in total. The van der Waals surface area contributed by atoms with Crippen molar-refractivity contribution in [1.82, 2.24) is 10.0 Å². The minimum absolute atomic E-state index is 0.130. The standard InChI is InChI=1S/C12H19ClN2O2S/c1-3-6-14-7-8-15-18(16,17)12-5-4-10(2)9-11(12)13/h4-5,9,14-15H,3,6-8H2,1-2H3. The third-order valence-electron chi connectivity index (χ3n) is 2.40. The Hall–Kier alpha value is -0.620. The highest BCUT2D eigenvalue weighted by Crippen LogP contribution is 2.21. The first-order valence-electron chi connectivity index (χ1n) is 5.94. The van der Waals surface area contributed by atoms with Crippen molar-refractivity contribution in [3.8, 4) is 0 Å². The molecular formula is C12H19ClN2O2S. The minimum atomic E-state index is -3.52. The average Bonchev–Trinajstić information content (AvgIpc) is 2.28. The molecule has 18 heavy (non-hydrogen) atoms. The van der Waals surface area contributed by atoms with Gasteiger partial charge in [0.2, 0.25) is 10.0 Å². The molecule has 0 atom stereocenters. The monoisotopic (exact) mass is 290 g/mol. The maximum Gasteiger partial charge on any atom is 0.242 e. The Balaban J connectivity index is 2.63. The Kier molecular flexibility index (Phi) is 6.08. The molecule has 1 aromatic carbocycles. The molecule has 0 aromatic heterocycles. The van der Waals surface area contributed by atoms with Crippen LogP contribution >= 0.6 is 11.6 Å². The fourth-order valence-electron chi connectivity index (χ4n) is 1.48. The van der Waals surface area contributed by atoms with E-state index >= 15 is 0 Å². The van der Waals surface area contributed by atoms with E-state index < -0.39 is 10.0 Å². The van der Waals surface area contributed by atoms with Crippen LogP contribution < -0.4 is 10.0 Å². The summed E-state index contributed by atoms with van der Waals surface area (Å²) in [6.07, 6.45) is 1.02. The molecule has 0 heterocycles. The molecule has 6 heteroatoms. The fraction of sp³-hybridized carbons (Fsp3) is 0.500. The van der Waals surface area contributed by atoms with E-state index in [1.54, 1.807) is 12.1 Å². The maximum atomic E-state index is 12.0. The van der Waals surface area contributed by atoms with Gasteiger partial charge >= 0.3 is 0 Å². The number of hydrogen-bond donors (Lipinski definition) is 2. The van der Waals surface area contributed by atoms with E-state index in [0.717, 1.165) is 18.5 Å². The molecule has 0 radical (unpaired) electrons. The van der Waals surface area contributed by atoms with Gasteiger partial charge in [0, 0.05) is 13.1 Å². The largest absolute Gasteiger partial charge is 0.315 e. The van der Waals surface area contributed by atoms with Gasteiger partial charge in [-0.25, -0.2) is 13.1 Å². The molecule has 102 valence electrons. The summed E-state index contributed by atoms with van der Waals surface area (Å²) in [5, 5.41) is 3.38. The number of halogens is 1. The molecule has 0 spiro atoms. The summed E-state index contributed by atoms with van der Waals surface area (Å²) in [7, 11) is -3.52. The van der Waals surface area contributed by atoms with Crippen molar-refractivity contribution in [3.63, 3.8) is 0 Å². The van der Waals surface area contributed by atoms with Crippen LogP contribution in [0.2, 0.25) is 5.02 Å². The Bertz CT molecular complexity index is 489. The first-order valence-corrected chi connectivity index (χ1v) is 7.80. The van der Waals surface area contributed by atoms with Gasteiger partial charge in [-0.3, -0.25) is 0 Å². The number of nitrogens with one attached hydrogen (secondary N) is 2. The van der Waals surface area contributed by atoms with Crippen molar-refractivity contribution >= 4 is 21.6 Å². The molecule has 1 rings (SSSR count). The normalized spacial score (nSPS) is 11.7. The van der Waals surface area contributed by atoms with E-state index in [1.807, 2.05) is 6.92 Å². The molecule has 0 aliphatic heterocycles. The van der Waals surface area contributed by atoms with Gasteiger partial charge in [-0.2, -0.15) is 0 Å². The molecule has 0 bridgehead atoms. The van der Waals surface area contributed by atoms with E-state index in [1.165, 1.54) is 6.07 Å². The van der Waals surface area contributed by atoms with E-state index in [-0.39, 0.29) is 9.92 Å². The molecule has 0 aliphatic rings. The molecule has 0 saturated carbocycles. The Labute approximate surface area is 114 Å². The fourth-order valence-corrected chi connectivity index (χ4v) is 3.11. The van der Waals surface area contributed by atoms with Crippen LogP contribution in [0.5, 0.6) is 0 Å². The molecule has 4 nitrogen and oxygen atoms in total. The Morgan fingerprint density at radius 2 is 1.94 bits per heavy atom. The first kappa shape index (κ1) is 15.4. The minimum Gasteiger partial charge on any atom is -0.315 e. The average molecular weight is 291 g/mol. The lowest BCUT2D eigenvalue weighted by atomic mass is 10.2. The molecule has 0 aliphatic carbocycles. The second-order valence-electron chi connectivity index (χ2n) is 4.08. The predicted molar refractivity (Wildman–Crippen MR) is 74.5 cm³/mol. The summed E-state index contributed by atoms with van der Waals surface area (Å²) in [5.74, 6) is 0. The molecule has 0 unspecified atom stereocenters. The van der Waals surface area contributed by atoms with E-state index in [9.17, 15) is 8.42 Å². The number of rotatable bonds is 7. The van der Waals surface area contributed by atoms with Gasteiger partial charge in [0.25, 0.3) is 0 Å². The SMILES string of the molecule is CCCNCCNS(=O)(=O)c1ccc(C)cc1Cl. The van der Waals surface area contributed by atoms with Crippen LogP contribution in [0.25, 0.3) is 0 Å². The lowest BCUT2D eigenvalue weighted by Gasteiger charge is -2.09. The van der Waals surface area contributed by atoms with Gasteiger partial charge in [0.1, 0.15) is 4.90 Å². The Morgan fingerprint density at radius 3 is 2.56 bits per heavy atom. The van der Waals surface area contributed by atoms with Crippen LogP contribution in [0.4, 0.5) is 0 Å². The van der Waals surface area contributed by atoms with E-state index in [4.69, 9.17) is 11.6 Å². The van der Waals surface area contributed by atoms with Gasteiger partial charge in [-0.1, -0.05) is 24.6 Å². The predicted octanol–water partition coefficient (Wildman–Crippen LogP) is 1.93. The number of benzene rings is 1. The highest BCUT2D eigenvalue weighted by molar-refractivity contribution is 7.89. The second-order valence-corrected chi connectivity index (χ2v) is 6.22. The van der Waals surface area contributed by atoms with Crippen LogP contribution in [0, 0.1) is 6.92 Å². The number of aryl methyl sites for hydroxylation is 1. The van der Waals surface area contributed by atoms with Crippen LogP contribution in [0.3, 0.4) is 0 Å². The van der Waals surface area contributed by atoms with Crippen molar-refractivity contribution in [2.75, 3.05) is 19.6 Å². The van der Waals surface area contributed by atoms with Crippen LogP contribution in [-0.2, 0) is 10.0 Å². The zero-order valence-corrected chi connectivity index (χ0v) is 12.2. The quantitative estimate of drug-likeness (QED) is 0.755. The summed E-state index contributed by atoms with van der Waals surface area (Å²) in [5.41, 5.74) is 0.934. The van der Waals surface area contributed by atoms with Crippen molar-refractivity contribution in [2.24, 2.45) is 0 Å². The molecule has 0 saturated heterocycles. The summed E-state index contributed by atoms with van der Waals surface area (Å²) in [4.78, 5) is 0.130. The zero-order chi connectivity index (χ0) is 13.6. The van der Waals surface area contributed by atoms with Crippen molar-refractivity contribution < 1.29 is 8.42 Å². The van der Waals surface area contributed by atoms with Crippen LogP contribution in [0.15, 0.2) is 23.1 Å². The summed E-state index contributed by atoms with van der Waals surface area (Å²) in [6.45, 7) is 5.77. The Morgan fingerprint density at radius 1 is 1.22 bits per heavy atom. The van der Waals surface area contributed by atoms with Crippen molar-refractivity contribution in [3.05, 3.63) is 28.8 Å². The summed E-state index contributed by atoms with van der Waals surface area (Å²) in [6, 6.07) is 4.90. The molecule has 0 amide bonds. The van der Waals surface area contributed by atoms with Crippen molar-refractivity contribution in [1.29, 1.82) is 0 Å². The lowest BCUT2D eigenvalue weighted by Crippen LogP contribution is -2.32. The molecule has 0 fully saturated rings. The molecular weight excluding hydrogens is 272 g/mol. The highest BCUT2D eigenvalue weighted by atomic mass is 35.5. The topological polar surface area (TPSA) is 58.2 Å². The van der Waals surface area contributed by atoms with E-state index in [2.05, 4.69) is 17.0 Å². The van der Waals surface area contributed by atoms with Gasteiger partial charge in [-0.15, -0.1) is 0 Å². The summed E-state index contributed by atoms with van der Waals surface area (Å²) >= 11 is 5.94. The number of hydrogen-bond acceptors (Lipinski definition) is 3. The van der Waals surface area contributed by atoms with Gasteiger partial charge in [0.15, 0.2) is 0 Å². The van der Waals surface area contributed by atoms with Crippen molar-refractivity contribution in [2.45, 2.75) is 25.2 Å². The van der Waals surface area contributed by atoms with Gasteiger partial charge < -0.3 is 5.32 Å². The third-order valence-corrected chi connectivity index (χ3v) is 4.34. The molecule has 1 aromatic rings. The smallest absolute Gasteiger partial charge is 0.242 e. The van der Waals surface area contributed by atoms with E-state index in [0.29, 0.717) is 13.1 Å². The first-order chi connectivity index (χ1) is 8.47. The van der Waals surface area contributed by atoms with Gasteiger partial charge in [0.05, 0.1) is 5.02 Å². The second kappa shape index (κ2) is 7.09.